The second-order valence-electron chi connectivity index (χ2n) is 5.25. The molecule has 0 aliphatic heterocycles. The van der Waals surface area contributed by atoms with Crippen molar-refractivity contribution in [3.63, 3.8) is 0 Å². The molecular formula is C16H30FN4O3PS2. The van der Waals surface area contributed by atoms with Gasteiger partial charge in [0.05, 0.1) is 27.2 Å². The van der Waals surface area contributed by atoms with E-state index in [2.05, 4.69) is 84.8 Å². The zero-order chi connectivity index (χ0) is 21.0. The molecule has 2 aromatic rings. The summed E-state index contributed by atoms with van der Waals surface area (Å²) in [5, 5.41) is 2.69. The molecule has 0 radical (unpaired) electrons. The zero-order valence-electron chi connectivity index (χ0n) is 16.8. The number of hydrogen-bond donors (Lipinski definition) is 0. The highest BCUT2D eigenvalue weighted by Crippen LogP contribution is 2.22. The van der Waals surface area contributed by atoms with Crippen LogP contribution >= 0.6 is 31.4 Å². The van der Waals surface area contributed by atoms with E-state index in [4.69, 9.17) is 14.4 Å². The van der Waals surface area contributed by atoms with Gasteiger partial charge in [0.15, 0.2) is 0 Å². The van der Waals surface area contributed by atoms with Gasteiger partial charge in [0.2, 0.25) is 0 Å². The number of halogens is 1. The third kappa shape index (κ3) is 10.9. The molecule has 27 heavy (non-hydrogen) atoms. The highest BCUT2D eigenvalue weighted by Gasteiger charge is 2.12. The van der Waals surface area contributed by atoms with Crippen LogP contribution in [0, 0.1) is 0 Å². The Labute approximate surface area is 169 Å². The summed E-state index contributed by atoms with van der Waals surface area (Å²) in [5.74, 6) is 2.27. The van der Waals surface area contributed by atoms with Crippen LogP contribution in [0.1, 0.15) is 27.7 Å². The molecule has 0 aliphatic rings. The summed E-state index contributed by atoms with van der Waals surface area (Å²) in [6.07, 6.45) is 8.44. The van der Waals surface area contributed by atoms with Gasteiger partial charge >= 0.3 is 10.3 Å². The summed E-state index contributed by atoms with van der Waals surface area (Å²) in [6, 6.07) is 0. The number of hydrogen-bond acceptors (Lipinski definition) is 5. The van der Waals surface area contributed by atoms with Crippen molar-refractivity contribution in [2.45, 2.75) is 51.1 Å². The number of imidazole rings is 2. The number of aromatic nitrogens is 4. The molecule has 0 bridgehead atoms. The van der Waals surface area contributed by atoms with Gasteiger partial charge in [-0.3, -0.25) is 0 Å². The zero-order valence-corrected chi connectivity index (χ0v) is 19.3. The average molecular weight is 441 g/mol. The van der Waals surface area contributed by atoms with Gasteiger partial charge in [-0.2, -0.15) is 0 Å². The first-order valence-corrected chi connectivity index (χ1v) is 12.1. The van der Waals surface area contributed by atoms with Gasteiger partial charge in [-0.25, -0.2) is 22.5 Å². The lowest BCUT2D eigenvalue weighted by Gasteiger charge is -2.15. The van der Waals surface area contributed by atoms with Crippen LogP contribution in [0.5, 0.6) is 0 Å². The number of rotatable bonds is 6. The minimum atomic E-state index is -5.64. The second-order valence-corrected chi connectivity index (χ2v) is 8.58. The van der Waals surface area contributed by atoms with Crippen molar-refractivity contribution in [1.82, 2.24) is 9.13 Å². The number of nitrogens with zero attached hydrogens (tertiary/aromatic N) is 4. The Hall–Kier alpha value is -0.800. The predicted molar refractivity (Wildman–Crippen MR) is 104 cm³/mol. The fourth-order valence-corrected chi connectivity index (χ4v) is 3.89. The molecule has 0 unspecified atom stereocenters. The Morgan fingerprint density at radius 1 is 0.926 bits per heavy atom. The van der Waals surface area contributed by atoms with Gasteiger partial charge in [0.25, 0.3) is 0 Å². The molecule has 11 heteroatoms. The van der Waals surface area contributed by atoms with Crippen LogP contribution in [0.25, 0.3) is 0 Å². The lowest BCUT2D eigenvalue weighted by molar-refractivity contribution is -0.709. The highest BCUT2D eigenvalue weighted by atomic mass is 32.2. The van der Waals surface area contributed by atoms with Gasteiger partial charge < -0.3 is 14.4 Å². The minimum absolute atomic E-state index is 1.06. The van der Waals surface area contributed by atoms with Crippen LogP contribution in [-0.4, -0.2) is 20.6 Å². The minimum Gasteiger partial charge on any atom is -0.786 e. The van der Waals surface area contributed by atoms with Crippen LogP contribution in [0.15, 0.2) is 35.1 Å². The van der Waals surface area contributed by atoms with E-state index >= 15 is 0 Å². The van der Waals surface area contributed by atoms with Crippen molar-refractivity contribution < 1.29 is 27.7 Å². The molecule has 0 saturated carbocycles. The molecule has 0 N–H and O–H groups in total. The van der Waals surface area contributed by atoms with E-state index in [0.29, 0.717) is 0 Å². The van der Waals surface area contributed by atoms with E-state index in [1.165, 1.54) is 10.3 Å². The van der Waals surface area contributed by atoms with Gasteiger partial charge in [-0.05, 0) is 37.4 Å². The first-order chi connectivity index (χ1) is 12.6. The fraction of sp³-hybridized carbons (Fsp3) is 0.625. The van der Waals surface area contributed by atoms with E-state index in [1.54, 1.807) is 0 Å². The molecule has 0 atom stereocenters. The average Bonchev–Trinajstić information content (AvgIpc) is 3.11. The summed E-state index contributed by atoms with van der Waals surface area (Å²) in [6.45, 7) is 10.8. The molecule has 2 aromatic heterocycles. The van der Waals surface area contributed by atoms with Crippen LogP contribution in [0.4, 0.5) is 4.20 Å². The van der Waals surface area contributed by atoms with Crippen LogP contribution in [-0.2, 0) is 31.7 Å². The molecule has 0 saturated heterocycles. The molecule has 0 aliphatic carbocycles. The summed E-state index contributed by atoms with van der Waals surface area (Å²) >= 11 is 3.77. The Morgan fingerprint density at radius 3 is 1.44 bits per heavy atom. The van der Waals surface area contributed by atoms with Gasteiger partial charge in [0, 0.05) is 11.5 Å². The number of thioether (sulfide) groups is 2. The second kappa shape index (κ2) is 13.4. The van der Waals surface area contributed by atoms with Gasteiger partial charge in [0.1, 0.15) is 32.7 Å². The SMILES string of the molecule is CCSc1n(CC)cc[n+]1C.CCSc1n(CC)cc[n+]1C.O=P([O-])([O-])F. The van der Waals surface area contributed by atoms with Crippen molar-refractivity contribution in [1.29, 1.82) is 0 Å². The van der Waals surface area contributed by atoms with E-state index in [1.807, 2.05) is 23.5 Å². The lowest BCUT2D eigenvalue weighted by Crippen LogP contribution is -2.28. The molecule has 2 heterocycles. The van der Waals surface area contributed by atoms with Crippen molar-refractivity contribution in [3.05, 3.63) is 24.8 Å². The molecular weight excluding hydrogens is 410 g/mol. The first kappa shape index (κ1) is 26.2. The largest absolute Gasteiger partial charge is 0.786 e. The van der Waals surface area contributed by atoms with Crippen molar-refractivity contribution >= 4 is 31.4 Å². The fourth-order valence-electron chi connectivity index (χ4n) is 2.13. The van der Waals surface area contributed by atoms with Crippen LogP contribution in [0.2, 0.25) is 0 Å². The van der Waals surface area contributed by atoms with E-state index in [9.17, 15) is 4.20 Å². The quantitative estimate of drug-likeness (QED) is 0.388. The Balaban J connectivity index is 0.000000405. The summed E-state index contributed by atoms with van der Waals surface area (Å²) < 4.78 is 27.4. The van der Waals surface area contributed by atoms with Crippen molar-refractivity contribution in [2.24, 2.45) is 14.1 Å². The van der Waals surface area contributed by atoms with Gasteiger partial charge in [-0.15, -0.1) is 0 Å². The maximum Gasteiger partial charge on any atom is 0.317 e. The van der Waals surface area contributed by atoms with Gasteiger partial charge in [-0.1, -0.05) is 13.8 Å². The topological polar surface area (TPSA) is 80.8 Å². The Morgan fingerprint density at radius 2 is 1.22 bits per heavy atom. The smallest absolute Gasteiger partial charge is 0.317 e. The molecule has 0 spiro atoms. The molecule has 2 rings (SSSR count). The lowest BCUT2D eigenvalue weighted by atomic mass is 10.7. The Kier molecular flexibility index (Phi) is 13.0. The van der Waals surface area contributed by atoms with Crippen molar-refractivity contribution in [2.75, 3.05) is 11.5 Å². The standard InChI is InChI=1S/2C8H15N2S.FH2O3P/c2*1-4-10-7-6-9(3)8(10)11-5-2;1-5(2,3)4/h2*6-7H,4-5H2,1-3H3;(H2,2,3,4)/q2*+1;/p-2. The van der Waals surface area contributed by atoms with Crippen molar-refractivity contribution in [3.8, 4) is 0 Å². The Bertz CT molecular complexity index is 660. The predicted octanol–water partition coefficient (Wildman–Crippen LogP) is 1.67. The number of aryl methyl sites for hydroxylation is 4. The monoisotopic (exact) mass is 440 g/mol. The first-order valence-electron chi connectivity index (χ1n) is 8.65. The van der Waals surface area contributed by atoms with E-state index < -0.39 is 7.91 Å². The molecule has 156 valence electrons. The summed E-state index contributed by atoms with van der Waals surface area (Å²) in [4.78, 5) is 16.9. The van der Waals surface area contributed by atoms with E-state index in [0.717, 1.165) is 24.6 Å². The molecule has 0 amide bonds. The van der Waals surface area contributed by atoms with Crippen LogP contribution < -0.4 is 18.9 Å². The molecule has 0 aromatic carbocycles. The third-order valence-electron chi connectivity index (χ3n) is 3.26. The third-order valence-corrected chi connectivity index (χ3v) is 5.40. The molecule has 0 fully saturated rings. The highest BCUT2D eigenvalue weighted by molar-refractivity contribution is 7.99. The molecule has 7 nitrogen and oxygen atoms in total. The summed E-state index contributed by atoms with van der Waals surface area (Å²) in [5.41, 5.74) is 0. The van der Waals surface area contributed by atoms with E-state index in [-0.39, 0.29) is 0 Å². The maximum atomic E-state index is 10.1. The maximum absolute atomic E-state index is 10.1. The van der Waals surface area contributed by atoms with Crippen LogP contribution in [0.3, 0.4) is 0 Å². The normalized spacial score (nSPS) is 10.7. The summed E-state index contributed by atoms with van der Waals surface area (Å²) in [7, 11) is -1.46.